The number of carboxylic acid groups (broad SMARTS) is 1. The Bertz CT molecular complexity index is 428. The molecule has 0 aliphatic heterocycles. The Balaban J connectivity index is 2.67. The quantitative estimate of drug-likeness (QED) is 0.756. The summed E-state index contributed by atoms with van der Waals surface area (Å²) in [6, 6.07) is -0.889. The minimum Gasteiger partial charge on any atom is -0.480 e. The lowest BCUT2D eigenvalue weighted by Crippen LogP contribution is -2.40. The van der Waals surface area contributed by atoms with Crippen molar-refractivity contribution in [2.75, 3.05) is 0 Å². The predicted molar refractivity (Wildman–Crippen MR) is 65.2 cm³/mol. The zero-order valence-electron chi connectivity index (χ0n) is 9.47. The molecule has 1 rings (SSSR count). The normalized spacial score (nSPS) is 11.8. The van der Waals surface area contributed by atoms with Crippen LogP contribution < -0.4 is 5.32 Å². The lowest BCUT2D eigenvalue weighted by molar-refractivity contribution is -0.139. The molecular weight excluding hydrogens is 240 g/mol. The zero-order valence-corrected chi connectivity index (χ0v) is 10.3. The molecule has 0 aliphatic carbocycles. The third kappa shape index (κ3) is 3.67. The summed E-state index contributed by atoms with van der Waals surface area (Å²) < 4.78 is 3.97. The summed E-state index contributed by atoms with van der Waals surface area (Å²) >= 11 is 1.17. The van der Waals surface area contributed by atoms with Gasteiger partial charge in [0.1, 0.15) is 6.04 Å². The number of aryl methyl sites for hydroxylation is 1. The fraction of sp³-hybridized carbons (Fsp3) is 0.364. The molecule has 1 aromatic rings. The first kappa shape index (κ1) is 13.4. The molecule has 1 unspecified atom stereocenters. The minimum atomic E-state index is -1.04. The van der Waals surface area contributed by atoms with Crippen molar-refractivity contribution < 1.29 is 14.7 Å². The van der Waals surface area contributed by atoms with Crippen molar-refractivity contribution in [3.63, 3.8) is 0 Å². The lowest BCUT2D eigenvalue weighted by atomic mass is 10.1. The summed E-state index contributed by atoms with van der Waals surface area (Å²) in [6.07, 6.45) is 2.50. The molecule has 0 saturated heterocycles. The molecule has 0 saturated carbocycles. The van der Waals surface area contributed by atoms with Gasteiger partial charge in [-0.1, -0.05) is 6.08 Å². The second-order valence-corrected chi connectivity index (χ2v) is 4.17. The van der Waals surface area contributed by atoms with Gasteiger partial charge in [0.25, 0.3) is 5.91 Å². The first-order chi connectivity index (χ1) is 8.06. The van der Waals surface area contributed by atoms with Crippen LogP contribution in [0, 0.1) is 6.92 Å². The van der Waals surface area contributed by atoms with Crippen LogP contribution in [0.4, 0.5) is 0 Å². The summed E-state index contributed by atoms with van der Waals surface area (Å²) in [6.45, 7) is 5.23. The number of carbonyl (C=O) groups excluding carboxylic acids is 1. The van der Waals surface area contributed by atoms with Crippen LogP contribution in [0.25, 0.3) is 0 Å². The standard InChI is InChI=1S/C11H14N2O3S/c1-3-4-5-9(11(15)16)12-10(14)8-6-17-13-7(8)2/h3,6,9H,1,4-5H2,2H3,(H,12,14)(H,15,16). The van der Waals surface area contributed by atoms with Crippen molar-refractivity contribution in [1.29, 1.82) is 0 Å². The molecule has 0 spiro atoms. The SMILES string of the molecule is C=CCCC(NC(=O)c1csnc1C)C(=O)O. The number of carboxylic acids is 1. The largest absolute Gasteiger partial charge is 0.480 e. The number of rotatable bonds is 6. The van der Waals surface area contributed by atoms with Gasteiger partial charge in [-0.25, -0.2) is 4.79 Å². The molecule has 1 atom stereocenters. The first-order valence-corrected chi connectivity index (χ1v) is 5.95. The molecule has 1 amide bonds. The van der Waals surface area contributed by atoms with Crippen LogP contribution in [0.3, 0.4) is 0 Å². The number of aromatic nitrogens is 1. The Morgan fingerprint density at radius 1 is 1.71 bits per heavy atom. The summed E-state index contributed by atoms with van der Waals surface area (Å²) in [5.74, 6) is -1.44. The zero-order chi connectivity index (χ0) is 12.8. The van der Waals surface area contributed by atoms with Crippen LogP contribution in [0.15, 0.2) is 18.0 Å². The van der Waals surface area contributed by atoms with Gasteiger partial charge >= 0.3 is 5.97 Å². The van der Waals surface area contributed by atoms with E-state index >= 15 is 0 Å². The molecule has 0 bridgehead atoms. The van der Waals surface area contributed by atoms with Crippen LogP contribution >= 0.6 is 11.5 Å². The molecule has 0 fully saturated rings. The molecule has 5 nitrogen and oxygen atoms in total. The van der Waals surface area contributed by atoms with Crippen molar-refractivity contribution in [2.45, 2.75) is 25.8 Å². The van der Waals surface area contributed by atoms with E-state index in [4.69, 9.17) is 5.11 Å². The van der Waals surface area contributed by atoms with Crippen LogP contribution in [0.2, 0.25) is 0 Å². The summed E-state index contributed by atoms with van der Waals surface area (Å²) in [4.78, 5) is 22.7. The van der Waals surface area contributed by atoms with Crippen LogP contribution in [0.1, 0.15) is 28.9 Å². The third-order valence-corrected chi connectivity index (χ3v) is 2.98. The molecule has 2 N–H and O–H groups in total. The molecule has 1 heterocycles. The van der Waals surface area contributed by atoms with Gasteiger partial charge in [0, 0.05) is 5.38 Å². The Hall–Kier alpha value is -1.69. The second kappa shape index (κ2) is 6.15. The Kier molecular flexibility index (Phi) is 4.84. The molecule has 6 heteroatoms. The van der Waals surface area contributed by atoms with Gasteiger partial charge in [0.05, 0.1) is 11.3 Å². The maximum Gasteiger partial charge on any atom is 0.326 e. The molecule has 0 aliphatic rings. The minimum absolute atomic E-state index is 0.335. The van der Waals surface area contributed by atoms with Crippen molar-refractivity contribution in [1.82, 2.24) is 9.69 Å². The Morgan fingerprint density at radius 2 is 2.41 bits per heavy atom. The molecule has 1 aromatic heterocycles. The highest BCUT2D eigenvalue weighted by Crippen LogP contribution is 2.10. The van der Waals surface area contributed by atoms with Gasteiger partial charge in [-0.05, 0) is 31.3 Å². The lowest BCUT2D eigenvalue weighted by Gasteiger charge is -2.13. The molecule has 92 valence electrons. The second-order valence-electron chi connectivity index (χ2n) is 3.54. The molecule has 0 aromatic carbocycles. The van der Waals surface area contributed by atoms with Gasteiger partial charge < -0.3 is 10.4 Å². The van der Waals surface area contributed by atoms with E-state index in [1.807, 2.05) is 0 Å². The van der Waals surface area contributed by atoms with Gasteiger partial charge in [-0.3, -0.25) is 4.79 Å². The van der Waals surface area contributed by atoms with Crippen molar-refractivity contribution in [3.8, 4) is 0 Å². The average Bonchev–Trinajstić information content (AvgIpc) is 2.70. The third-order valence-electron chi connectivity index (χ3n) is 2.26. The van der Waals surface area contributed by atoms with E-state index in [-0.39, 0.29) is 0 Å². The number of nitrogens with zero attached hydrogens (tertiary/aromatic N) is 1. The monoisotopic (exact) mass is 254 g/mol. The number of hydrogen-bond donors (Lipinski definition) is 2. The summed E-state index contributed by atoms with van der Waals surface area (Å²) in [7, 11) is 0. The molecule has 17 heavy (non-hydrogen) atoms. The Morgan fingerprint density at radius 3 is 2.88 bits per heavy atom. The fourth-order valence-corrected chi connectivity index (χ4v) is 1.98. The van der Waals surface area contributed by atoms with E-state index in [1.54, 1.807) is 18.4 Å². The van der Waals surface area contributed by atoms with E-state index in [0.717, 1.165) is 0 Å². The first-order valence-electron chi connectivity index (χ1n) is 5.11. The number of carbonyl (C=O) groups is 2. The maximum atomic E-state index is 11.8. The number of allylic oxidation sites excluding steroid dienone is 1. The van der Waals surface area contributed by atoms with E-state index < -0.39 is 17.9 Å². The van der Waals surface area contributed by atoms with Gasteiger partial charge in [0.2, 0.25) is 0 Å². The van der Waals surface area contributed by atoms with Gasteiger partial charge in [-0.15, -0.1) is 6.58 Å². The van der Waals surface area contributed by atoms with Crippen molar-refractivity contribution in [2.24, 2.45) is 0 Å². The fourth-order valence-electron chi connectivity index (χ4n) is 1.29. The van der Waals surface area contributed by atoms with Crippen LogP contribution in [-0.2, 0) is 4.79 Å². The molecular formula is C11H14N2O3S. The van der Waals surface area contributed by atoms with Crippen LogP contribution in [-0.4, -0.2) is 27.4 Å². The van der Waals surface area contributed by atoms with Gasteiger partial charge in [-0.2, -0.15) is 4.37 Å². The summed E-state index contributed by atoms with van der Waals surface area (Å²) in [5, 5.41) is 13.0. The number of amides is 1. The molecule has 0 radical (unpaired) electrons. The number of nitrogens with one attached hydrogen (secondary N) is 1. The van der Waals surface area contributed by atoms with E-state index in [9.17, 15) is 9.59 Å². The van der Waals surface area contributed by atoms with Gasteiger partial charge in [0.15, 0.2) is 0 Å². The average molecular weight is 254 g/mol. The highest BCUT2D eigenvalue weighted by Gasteiger charge is 2.21. The predicted octanol–water partition coefficient (Wildman–Crippen LogP) is 1.60. The van der Waals surface area contributed by atoms with Crippen LogP contribution in [0.5, 0.6) is 0 Å². The Labute approximate surface area is 103 Å². The topological polar surface area (TPSA) is 79.3 Å². The maximum absolute atomic E-state index is 11.8. The van der Waals surface area contributed by atoms with E-state index in [0.29, 0.717) is 24.1 Å². The van der Waals surface area contributed by atoms with E-state index in [2.05, 4.69) is 16.3 Å². The highest BCUT2D eigenvalue weighted by molar-refractivity contribution is 7.03. The summed E-state index contributed by atoms with van der Waals surface area (Å²) in [5.41, 5.74) is 1.04. The van der Waals surface area contributed by atoms with E-state index in [1.165, 1.54) is 11.5 Å². The number of aliphatic carboxylic acids is 1. The van der Waals surface area contributed by atoms with Crippen molar-refractivity contribution in [3.05, 3.63) is 29.3 Å². The smallest absolute Gasteiger partial charge is 0.326 e. The number of hydrogen-bond acceptors (Lipinski definition) is 4. The highest BCUT2D eigenvalue weighted by atomic mass is 32.1. The van der Waals surface area contributed by atoms with Crippen molar-refractivity contribution >= 4 is 23.4 Å².